The minimum atomic E-state index is -0.0146. The second kappa shape index (κ2) is 6.70. The minimum Gasteiger partial charge on any atom is -0.351 e. The highest BCUT2D eigenvalue weighted by Crippen LogP contribution is 2.13. The molecule has 0 saturated heterocycles. The number of rotatable bonds is 4. The Labute approximate surface area is 127 Å². The molecule has 3 heteroatoms. The van der Waals surface area contributed by atoms with E-state index in [0.717, 1.165) is 3.57 Å². The maximum absolute atomic E-state index is 12.0. The number of nitrogens with one attached hydrogen (secondary N) is 1. The lowest BCUT2D eigenvalue weighted by atomic mass is 10.0. The standard InChI is InChI=1S/C16H16INO/c1-12(13-5-3-2-4-6-13)11-18-16(19)14-7-9-15(17)10-8-14/h2-10,12H,11H2,1H3,(H,18,19)/t12-/m0/s1. The molecular formula is C16H16INO. The summed E-state index contributed by atoms with van der Waals surface area (Å²) >= 11 is 2.23. The molecule has 0 unspecified atom stereocenters. The lowest BCUT2D eigenvalue weighted by Gasteiger charge is -2.13. The summed E-state index contributed by atoms with van der Waals surface area (Å²) in [5.74, 6) is 0.299. The first-order valence-electron chi connectivity index (χ1n) is 6.25. The van der Waals surface area contributed by atoms with E-state index in [2.05, 4.69) is 47.0 Å². The fourth-order valence-corrected chi connectivity index (χ4v) is 2.21. The molecule has 0 bridgehead atoms. The first-order chi connectivity index (χ1) is 9.16. The molecule has 2 rings (SSSR count). The summed E-state index contributed by atoms with van der Waals surface area (Å²) in [5, 5.41) is 2.98. The van der Waals surface area contributed by atoms with Crippen molar-refractivity contribution in [3.05, 3.63) is 69.3 Å². The van der Waals surface area contributed by atoms with Crippen molar-refractivity contribution in [3.63, 3.8) is 0 Å². The van der Waals surface area contributed by atoms with E-state index in [1.54, 1.807) is 0 Å². The Hall–Kier alpha value is -1.36. The first kappa shape index (κ1) is 14.1. The van der Waals surface area contributed by atoms with Crippen LogP contribution in [0.1, 0.15) is 28.8 Å². The molecule has 0 heterocycles. The fourth-order valence-electron chi connectivity index (χ4n) is 1.85. The highest BCUT2D eigenvalue weighted by Gasteiger charge is 2.08. The molecule has 2 aromatic carbocycles. The number of carbonyl (C=O) groups is 1. The Balaban J connectivity index is 1.92. The van der Waals surface area contributed by atoms with Gasteiger partial charge in [-0.15, -0.1) is 0 Å². The summed E-state index contributed by atoms with van der Waals surface area (Å²) in [7, 11) is 0. The highest BCUT2D eigenvalue weighted by atomic mass is 127. The van der Waals surface area contributed by atoms with Gasteiger partial charge in [0.15, 0.2) is 0 Å². The van der Waals surface area contributed by atoms with Crippen molar-refractivity contribution in [2.75, 3.05) is 6.54 Å². The van der Waals surface area contributed by atoms with E-state index in [9.17, 15) is 4.79 Å². The normalized spacial score (nSPS) is 11.9. The number of amides is 1. The molecule has 0 aliphatic rings. The lowest BCUT2D eigenvalue weighted by molar-refractivity contribution is 0.0951. The van der Waals surface area contributed by atoms with Crippen LogP contribution in [0.3, 0.4) is 0 Å². The summed E-state index contributed by atoms with van der Waals surface area (Å²) < 4.78 is 1.13. The smallest absolute Gasteiger partial charge is 0.251 e. The quantitative estimate of drug-likeness (QED) is 0.820. The monoisotopic (exact) mass is 365 g/mol. The zero-order chi connectivity index (χ0) is 13.7. The van der Waals surface area contributed by atoms with Gasteiger partial charge in [0.05, 0.1) is 0 Å². The molecule has 0 fully saturated rings. The van der Waals surface area contributed by atoms with Crippen LogP contribution < -0.4 is 5.32 Å². The van der Waals surface area contributed by atoms with E-state index in [1.165, 1.54) is 5.56 Å². The summed E-state index contributed by atoms with van der Waals surface area (Å²) in [6.45, 7) is 2.76. The summed E-state index contributed by atoms with van der Waals surface area (Å²) in [6.07, 6.45) is 0. The van der Waals surface area contributed by atoms with Gasteiger partial charge in [-0.2, -0.15) is 0 Å². The molecular weight excluding hydrogens is 349 g/mol. The SMILES string of the molecule is C[C@@H](CNC(=O)c1ccc(I)cc1)c1ccccc1. The van der Waals surface area contributed by atoms with Gasteiger partial charge in [0.25, 0.3) is 5.91 Å². The van der Waals surface area contributed by atoms with Gasteiger partial charge in [-0.3, -0.25) is 4.79 Å². The maximum atomic E-state index is 12.0. The lowest BCUT2D eigenvalue weighted by Crippen LogP contribution is -2.27. The number of carbonyl (C=O) groups excluding carboxylic acids is 1. The molecule has 2 aromatic rings. The third-order valence-electron chi connectivity index (χ3n) is 3.04. The molecule has 1 atom stereocenters. The van der Waals surface area contributed by atoms with Gasteiger partial charge in [0.2, 0.25) is 0 Å². The van der Waals surface area contributed by atoms with Gasteiger partial charge < -0.3 is 5.32 Å². The molecule has 1 amide bonds. The van der Waals surface area contributed by atoms with Crippen molar-refractivity contribution in [1.82, 2.24) is 5.32 Å². The Bertz CT molecular complexity index is 536. The van der Waals surface area contributed by atoms with Gasteiger partial charge in [0, 0.05) is 15.7 Å². The topological polar surface area (TPSA) is 29.1 Å². The fraction of sp³-hybridized carbons (Fsp3) is 0.188. The van der Waals surface area contributed by atoms with Crippen LogP contribution in [0, 0.1) is 3.57 Å². The van der Waals surface area contributed by atoms with Crippen LogP contribution in [0.15, 0.2) is 54.6 Å². The van der Waals surface area contributed by atoms with Gasteiger partial charge in [0.1, 0.15) is 0 Å². The van der Waals surface area contributed by atoms with Gasteiger partial charge >= 0.3 is 0 Å². The third-order valence-corrected chi connectivity index (χ3v) is 3.76. The zero-order valence-electron chi connectivity index (χ0n) is 10.8. The average molecular weight is 365 g/mol. The summed E-state index contributed by atoms with van der Waals surface area (Å²) in [5.41, 5.74) is 1.95. The molecule has 0 saturated carbocycles. The predicted molar refractivity (Wildman–Crippen MR) is 86.3 cm³/mol. The van der Waals surface area contributed by atoms with Gasteiger partial charge in [-0.05, 0) is 58.3 Å². The average Bonchev–Trinajstić information content (AvgIpc) is 2.46. The molecule has 0 aromatic heterocycles. The second-order valence-corrected chi connectivity index (χ2v) is 5.77. The molecule has 0 radical (unpaired) electrons. The van der Waals surface area contributed by atoms with Crippen LogP contribution in [0.2, 0.25) is 0 Å². The van der Waals surface area contributed by atoms with Gasteiger partial charge in [-0.1, -0.05) is 37.3 Å². The van der Waals surface area contributed by atoms with Crippen molar-refractivity contribution >= 4 is 28.5 Å². The van der Waals surface area contributed by atoms with Crippen LogP contribution in [-0.2, 0) is 0 Å². The molecule has 19 heavy (non-hydrogen) atoms. The largest absolute Gasteiger partial charge is 0.351 e. The predicted octanol–water partition coefficient (Wildman–Crippen LogP) is 3.82. The second-order valence-electron chi connectivity index (χ2n) is 4.53. The number of halogens is 1. The van der Waals surface area contributed by atoms with Crippen LogP contribution in [0.5, 0.6) is 0 Å². The van der Waals surface area contributed by atoms with E-state index >= 15 is 0 Å². The molecule has 0 aliphatic carbocycles. The van der Waals surface area contributed by atoms with E-state index < -0.39 is 0 Å². The Morgan fingerprint density at radius 2 is 1.74 bits per heavy atom. The van der Waals surface area contributed by atoms with E-state index in [0.29, 0.717) is 18.0 Å². The van der Waals surface area contributed by atoms with E-state index in [-0.39, 0.29) is 5.91 Å². The van der Waals surface area contributed by atoms with Crippen molar-refractivity contribution in [2.24, 2.45) is 0 Å². The molecule has 0 aliphatic heterocycles. The van der Waals surface area contributed by atoms with E-state index in [1.807, 2.05) is 42.5 Å². The molecule has 98 valence electrons. The number of hydrogen-bond donors (Lipinski definition) is 1. The van der Waals surface area contributed by atoms with Crippen molar-refractivity contribution in [1.29, 1.82) is 0 Å². The highest BCUT2D eigenvalue weighted by molar-refractivity contribution is 14.1. The van der Waals surface area contributed by atoms with Crippen molar-refractivity contribution < 1.29 is 4.79 Å². The van der Waals surface area contributed by atoms with Crippen LogP contribution in [-0.4, -0.2) is 12.5 Å². The van der Waals surface area contributed by atoms with E-state index in [4.69, 9.17) is 0 Å². The maximum Gasteiger partial charge on any atom is 0.251 e. The Morgan fingerprint density at radius 3 is 2.37 bits per heavy atom. The van der Waals surface area contributed by atoms with Crippen molar-refractivity contribution in [2.45, 2.75) is 12.8 Å². The van der Waals surface area contributed by atoms with Gasteiger partial charge in [-0.25, -0.2) is 0 Å². The van der Waals surface area contributed by atoms with Crippen molar-refractivity contribution in [3.8, 4) is 0 Å². The molecule has 1 N–H and O–H groups in total. The Kier molecular flexibility index (Phi) is 4.96. The molecule has 2 nitrogen and oxygen atoms in total. The Morgan fingerprint density at radius 1 is 1.11 bits per heavy atom. The zero-order valence-corrected chi connectivity index (χ0v) is 12.9. The third kappa shape index (κ3) is 4.06. The number of hydrogen-bond acceptors (Lipinski definition) is 1. The summed E-state index contributed by atoms with van der Waals surface area (Å²) in [4.78, 5) is 12.0. The minimum absolute atomic E-state index is 0.0146. The summed E-state index contributed by atoms with van der Waals surface area (Å²) in [6, 6.07) is 17.8. The number of benzene rings is 2. The van der Waals surface area contributed by atoms with Crippen LogP contribution in [0.25, 0.3) is 0 Å². The first-order valence-corrected chi connectivity index (χ1v) is 7.33. The van der Waals surface area contributed by atoms with Crippen LogP contribution in [0.4, 0.5) is 0 Å². The van der Waals surface area contributed by atoms with Crippen LogP contribution >= 0.6 is 22.6 Å². The molecule has 0 spiro atoms.